The van der Waals surface area contributed by atoms with E-state index in [0.29, 0.717) is 12.8 Å². The zero-order valence-corrected chi connectivity index (χ0v) is 9.03. The Morgan fingerprint density at radius 2 is 2.19 bits per heavy atom. The lowest BCUT2D eigenvalue weighted by molar-refractivity contribution is -0.142. The Morgan fingerprint density at radius 3 is 2.69 bits per heavy atom. The van der Waals surface area contributed by atoms with Crippen LogP contribution in [0.2, 0.25) is 0 Å². The second-order valence-corrected chi connectivity index (χ2v) is 4.38. The summed E-state index contributed by atoms with van der Waals surface area (Å²) in [7, 11) is 0. The molecule has 0 atom stereocenters. The molecule has 0 aliphatic heterocycles. The number of carboxylic acid groups (broad SMARTS) is 1. The van der Waals surface area contributed by atoms with E-state index >= 15 is 0 Å². The highest BCUT2D eigenvalue weighted by Gasteiger charge is 2.51. The molecule has 2 aliphatic rings. The molecule has 2 rings (SSSR count). The number of aliphatic carboxylic acids is 1. The van der Waals surface area contributed by atoms with Crippen molar-refractivity contribution in [2.75, 3.05) is 0 Å². The third kappa shape index (κ3) is 2.32. The smallest absolute Gasteiger partial charge is 0.329 e. The van der Waals surface area contributed by atoms with E-state index in [0.717, 1.165) is 24.8 Å². The van der Waals surface area contributed by atoms with Crippen molar-refractivity contribution in [3.63, 3.8) is 0 Å². The van der Waals surface area contributed by atoms with Crippen LogP contribution in [0.25, 0.3) is 0 Å². The van der Waals surface area contributed by atoms with E-state index in [1.54, 1.807) is 6.08 Å². The predicted molar refractivity (Wildman–Crippen MR) is 58.8 cm³/mol. The van der Waals surface area contributed by atoms with E-state index in [4.69, 9.17) is 5.11 Å². The van der Waals surface area contributed by atoms with Crippen LogP contribution in [0, 0.1) is 0 Å². The number of carbonyl (C=O) groups excluding carboxylic acids is 1. The summed E-state index contributed by atoms with van der Waals surface area (Å²) >= 11 is 0. The molecule has 0 aromatic rings. The molecule has 4 heteroatoms. The first-order valence-corrected chi connectivity index (χ1v) is 5.55. The fraction of sp³-hybridized carbons (Fsp3) is 0.500. The predicted octanol–water partition coefficient (Wildman–Crippen LogP) is 1.39. The molecule has 0 heterocycles. The molecule has 2 N–H and O–H groups in total. The Morgan fingerprint density at radius 1 is 1.44 bits per heavy atom. The molecule has 0 bridgehead atoms. The Kier molecular flexibility index (Phi) is 2.81. The summed E-state index contributed by atoms with van der Waals surface area (Å²) in [4.78, 5) is 22.3. The van der Waals surface area contributed by atoms with Gasteiger partial charge >= 0.3 is 5.97 Å². The number of hydrogen-bond donors (Lipinski definition) is 2. The molecule has 16 heavy (non-hydrogen) atoms. The molecule has 0 unspecified atom stereocenters. The number of carbonyl (C=O) groups is 2. The number of nitrogens with one attached hydrogen (secondary N) is 1. The highest BCUT2D eigenvalue weighted by atomic mass is 16.4. The first-order valence-electron chi connectivity index (χ1n) is 5.55. The maximum atomic E-state index is 11.5. The van der Waals surface area contributed by atoms with Crippen LogP contribution in [0.1, 0.15) is 32.1 Å². The van der Waals surface area contributed by atoms with E-state index in [2.05, 4.69) is 11.4 Å². The Balaban J connectivity index is 1.87. The summed E-state index contributed by atoms with van der Waals surface area (Å²) in [5, 5.41) is 11.4. The topological polar surface area (TPSA) is 66.4 Å². The molecule has 1 fully saturated rings. The van der Waals surface area contributed by atoms with Crippen LogP contribution in [0.4, 0.5) is 0 Å². The average molecular weight is 221 g/mol. The largest absolute Gasteiger partial charge is 0.480 e. The molecular formula is C12H15NO3. The highest BCUT2D eigenvalue weighted by Crippen LogP contribution is 2.35. The van der Waals surface area contributed by atoms with Gasteiger partial charge in [0.05, 0.1) is 0 Å². The van der Waals surface area contributed by atoms with E-state index < -0.39 is 11.5 Å². The minimum Gasteiger partial charge on any atom is -0.480 e. The summed E-state index contributed by atoms with van der Waals surface area (Å²) in [5.74, 6) is -1.25. The molecule has 2 aliphatic carbocycles. The van der Waals surface area contributed by atoms with Crippen molar-refractivity contribution in [2.45, 2.75) is 37.6 Å². The number of allylic oxidation sites excluding steroid dienone is 3. The summed E-state index contributed by atoms with van der Waals surface area (Å²) in [6.45, 7) is 0. The van der Waals surface area contributed by atoms with E-state index in [1.807, 2.05) is 0 Å². The number of carboxylic acids is 1. The number of amides is 1. The first kappa shape index (κ1) is 10.9. The lowest BCUT2D eigenvalue weighted by atomic mass is 10.2. The van der Waals surface area contributed by atoms with Gasteiger partial charge in [-0.1, -0.05) is 17.7 Å². The zero-order chi connectivity index (χ0) is 11.6. The minimum atomic E-state index is -0.981. The second kappa shape index (κ2) is 4.12. The SMILES string of the molecule is O=C(/C=C/C1=CCCC1)NC1(C(=O)O)CC1. The molecule has 0 aromatic carbocycles. The summed E-state index contributed by atoms with van der Waals surface area (Å²) < 4.78 is 0. The fourth-order valence-corrected chi connectivity index (χ4v) is 1.82. The van der Waals surface area contributed by atoms with E-state index in [1.165, 1.54) is 6.08 Å². The van der Waals surface area contributed by atoms with Crippen molar-refractivity contribution < 1.29 is 14.7 Å². The average Bonchev–Trinajstić information content (AvgIpc) is 2.84. The molecule has 86 valence electrons. The second-order valence-electron chi connectivity index (χ2n) is 4.38. The number of hydrogen-bond acceptors (Lipinski definition) is 2. The van der Waals surface area contributed by atoms with Gasteiger partial charge in [0.2, 0.25) is 5.91 Å². The van der Waals surface area contributed by atoms with Gasteiger partial charge in [-0.15, -0.1) is 0 Å². The maximum Gasteiger partial charge on any atom is 0.329 e. The first-order chi connectivity index (χ1) is 7.62. The van der Waals surface area contributed by atoms with Crippen molar-refractivity contribution in [1.29, 1.82) is 0 Å². The molecular weight excluding hydrogens is 206 g/mol. The van der Waals surface area contributed by atoms with Crippen molar-refractivity contribution in [3.8, 4) is 0 Å². The van der Waals surface area contributed by atoms with Gasteiger partial charge in [0, 0.05) is 6.08 Å². The molecule has 1 saturated carbocycles. The Hall–Kier alpha value is -1.58. The Bertz CT molecular complexity index is 378. The van der Waals surface area contributed by atoms with Gasteiger partial charge in [0.1, 0.15) is 5.54 Å². The molecule has 0 radical (unpaired) electrons. The van der Waals surface area contributed by atoms with Gasteiger partial charge in [-0.05, 0) is 32.1 Å². The van der Waals surface area contributed by atoms with Crippen LogP contribution in [0.3, 0.4) is 0 Å². The normalized spacial score (nSPS) is 21.9. The fourth-order valence-electron chi connectivity index (χ4n) is 1.82. The van der Waals surface area contributed by atoms with Crippen LogP contribution in [0.15, 0.2) is 23.8 Å². The summed E-state index contributed by atoms with van der Waals surface area (Å²) in [6, 6.07) is 0. The molecule has 0 spiro atoms. The highest BCUT2D eigenvalue weighted by molar-refractivity contribution is 5.94. The molecule has 0 aromatic heterocycles. The third-order valence-corrected chi connectivity index (χ3v) is 3.05. The molecule has 4 nitrogen and oxygen atoms in total. The maximum absolute atomic E-state index is 11.5. The van der Waals surface area contributed by atoms with Crippen molar-refractivity contribution >= 4 is 11.9 Å². The van der Waals surface area contributed by atoms with E-state index in [-0.39, 0.29) is 5.91 Å². The van der Waals surface area contributed by atoms with Crippen LogP contribution in [-0.2, 0) is 9.59 Å². The van der Waals surface area contributed by atoms with Gasteiger partial charge < -0.3 is 10.4 Å². The van der Waals surface area contributed by atoms with Gasteiger partial charge in [0.25, 0.3) is 0 Å². The third-order valence-electron chi connectivity index (χ3n) is 3.05. The standard InChI is InChI=1S/C12H15NO3/c14-10(6-5-9-3-1-2-4-9)13-12(7-8-12)11(15)16/h3,5-6H,1-2,4,7-8H2,(H,13,14)(H,15,16)/b6-5+. The molecule has 1 amide bonds. The van der Waals surface area contributed by atoms with Gasteiger partial charge in [0.15, 0.2) is 0 Å². The lowest BCUT2D eigenvalue weighted by Gasteiger charge is -2.09. The van der Waals surface area contributed by atoms with Gasteiger partial charge in [-0.3, -0.25) is 4.79 Å². The number of rotatable bonds is 4. The minimum absolute atomic E-state index is 0.312. The summed E-state index contributed by atoms with van der Waals surface area (Å²) in [5.41, 5.74) is 0.182. The van der Waals surface area contributed by atoms with Gasteiger partial charge in [-0.2, -0.15) is 0 Å². The van der Waals surface area contributed by atoms with Crippen LogP contribution in [0.5, 0.6) is 0 Å². The lowest BCUT2D eigenvalue weighted by Crippen LogP contribution is -2.42. The van der Waals surface area contributed by atoms with Gasteiger partial charge in [-0.25, -0.2) is 4.79 Å². The monoisotopic (exact) mass is 221 g/mol. The van der Waals surface area contributed by atoms with Crippen LogP contribution < -0.4 is 5.32 Å². The van der Waals surface area contributed by atoms with E-state index in [9.17, 15) is 9.59 Å². The molecule has 0 saturated heterocycles. The zero-order valence-electron chi connectivity index (χ0n) is 9.03. The van der Waals surface area contributed by atoms with Crippen molar-refractivity contribution in [1.82, 2.24) is 5.32 Å². The van der Waals surface area contributed by atoms with Crippen molar-refractivity contribution in [3.05, 3.63) is 23.8 Å². The quantitative estimate of drug-likeness (QED) is 0.705. The van der Waals surface area contributed by atoms with Crippen LogP contribution >= 0.6 is 0 Å². The van der Waals surface area contributed by atoms with Crippen molar-refractivity contribution in [2.24, 2.45) is 0 Å². The summed E-state index contributed by atoms with van der Waals surface area (Å²) in [6.07, 6.45) is 9.60. The van der Waals surface area contributed by atoms with Crippen LogP contribution in [-0.4, -0.2) is 22.5 Å². The Labute approximate surface area is 94.0 Å².